The smallest absolute Gasteiger partial charge is 0.289 e. The summed E-state index contributed by atoms with van der Waals surface area (Å²) in [5.74, 6) is -4.60. The molecule has 1 aromatic heterocycles. The monoisotopic (exact) mass is 635 g/mol. The molecule has 0 aliphatic carbocycles. The first-order valence-electron chi connectivity index (χ1n) is 15.7. The SMILES string of the molecule is CCC(NC(=O)[C@@H]1[C@@H](C)CCN1C(=O)[C@@H](NC(=O)[C@@H](NC(=O)c1cnccn1)C(C)C)C(C)C)C(=O)C(=O)NCc1ccccc1. The molecule has 1 aliphatic rings. The van der Waals surface area contributed by atoms with Crippen molar-refractivity contribution in [2.45, 2.75) is 85.1 Å². The first kappa shape index (κ1) is 35.8. The highest BCUT2D eigenvalue weighted by atomic mass is 16.2. The Morgan fingerprint density at radius 1 is 0.913 bits per heavy atom. The van der Waals surface area contributed by atoms with Crippen molar-refractivity contribution in [1.82, 2.24) is 36.1 Å². The first-order chi connectivity index (χ1) is 21.8. The maximum Gasteiger partial charge on any atom is 0.289 e. The van der Waals surface area contributed by atoms with Crippen LogP contribution in [-0.2, 0) is 30.5 Å². The van der Waals surface area contributed by atoms with Crippen molar-refractivity contribution in [3.63, 3.8) is 0 Å². The molecule has 13 heteroatoms. The molecule has 5 amide bonds. The molecule has 0 bridgehead atoms. The van der Waals surface area contributed by atoms with Crippen LogP contribution in [-0.4, -0.2) is 80.9 Å². The molecule has 4 N–H and O–H groups in total. The maximum atomic E-state index is 13.9. The lowest BCUT2D eigenvalue weighted by atomic mass is 9.97. The highest BCUT2D eigenvalue weighted by molar-refractivity contribution is 6.38. The van der Waals surface area contributed by atoms with Crippen molar-refractivity contribution in [1.29, 1.82) is 0 Å². The zero-order valence-electron chi connectivity index (χ0n) is 27.3. The number of amides is 5. The maximum absolute atomic E-state index is 13.9. The van der Waals surface area contributed by atoms with E-state index in [4.69, 9.17) is 0 Å². The van der Waals surface area contributed by atoms with Crippen LogP contribution in [0.2, 0.25) is 0 Å². The van der Waals surface area contributed by atoms with Crippen LogP contribution in [0.25, 0.3) is 0 Å². The first-order valence-corrected chi connectivity index (χ1v) is 15.7. The Bertz CT molecular complexity index is 1390. The van der Waals surface area contributed by atoms with Crippen molar-refractivity contribution in [2.24, 2.45) is 17.8 Å². The molecule has 1 fully saturated rings. The Hall–Kier alpha value is -4.68. The topological polar surface area (TPSA) is 180 Å². The lowest BCUT2D eigenvalue weighted by molar-refractivity contribution is -0.145. The van der Waals surface area contributed by atoms with Gasteiger partial charge in [-0.15, -0.1) is 0 Å². The number of likely N-dealkylation sites (tertiary alicyclic amines) is 1. The van der Waals surface area contributed by atoms with Crippen LogP contribution >= 0.6 is 0 Å². The molecule has 248 valence electrons. The number of benzene rings is 1. The van der Waals surface area contributed by atoms with Gasteiger partial charge in [0.1, 0.15) is 23.8 Å². The molecule has 2 heterocycles. The average molecular weight is 636 g/mol. The van der Waals surface area contributed by atoms with Gasteiger partial charge in [0.15, 0.2) is 0 Å². The summed E-state index contributed by atoms with van der Waals surface area (Å²) in [5.41, 5.74) is 0.879. The molecule has 13 nitrogen and oxygen atoms in total. The fraction of sp³-hybridized carbons (Fsp3) is 0.515. The van der Waals surface area contributed by atoms with Crippen molar-refractivity contribution >= 4 is 35.3 Å². The number of Topliss-reactive ketones (excluding diaryl/α,β-unsaturated/α-hetero) is 1. The Kier molecular flexibility index (Phi) is 12.9. The second kappa shape index (κ2) is 16.6. The molecule has 1 unspecified atom stereocenters. The summed E-state index contributed by atoms with van der Waals surface area (Å²) in [7, 11) is 0. The van der Waals surface area contributed by atoms with Gasteiger partial charge in [-0.2, -0.15) is 0 Å². The summed E-state index contributed by atoms with van der Waals surface area (Å²) >= 11 is 0. The lowest BCUT2D eigenvalue weighted by Crippen LogP contribution is -2.60. The van der Waals surface area contributed by atoms with Gasteiger partial charge in [0.05, 0.1) is 12.2 Å². The molecule has 0 spiro atoms. The summed E-state index contributed by atoms with van der Waals surface area (Å²) < 4.78 is 0. The summed E-state index contributed by atoms with van der Waals surface area (Å²) in [6.45, 7) is 11.1. The average Bonchev–Trinajstić information content (AvgIpc) is 3.44. The van der Waals surface area contributed by atoms with E-state index in [1.165, 1.54) is 23.5 Å². The number of carbonyl (C=O) groups is 6. The quantitative estimate of drug-likeness (QED) is 0.225. The Morgan fingerprint density at radius 3 is 2.17 bits per heavy atom. The van der Waals surface area contributed by atoms with Crippen molar-refractivity contribution in [3.05, 3.63) is 60.2 Å². The number of nitrogens with one attached hydrogen (secondary N) is 4. The predicted octanol–water partition coefficient (Wildman–Crippen LogP) is 1.39. The molecular weight excluding hydrogens is 590 g/mol. The number of hydrogen-bond acceptors (Lipinski definition) is 8. The van der Waals surface area contributed by atoms with Gasteiger partial charge in [-0.25, -0.2) is 4.98 Å². The Labute approximate surface area is 269 Å². The third-order valence-corrected chi connectivity index (χ3v) is 8.07. The van der Waals surface area contributed by atoms with Crippen molar-refractivity contribution < 1.29 is 28.8 Å². The molecule has 2 aromatic rings. The standard InChI is InChI=1S/C33H45N7O6/c1-7-23(28(41)32(45)36-17-22-11-9-8-10-12-22)37-31(44)27-21(6)13-16-40(27)33(46)26(20(4)5)39-30(43)25(19(2)3)38-29(42)24-18-34-14-15-35-24/h8-12,14-15,18-21,23,25-27H,7,13,16-17H2,1-6H3,(H,36,45)(H,37,44)(H,38,42)(H,39,43)/t21-,23?,25-,26-,27-/m0/s1. The highest BCUT2D eigenvalue weighted by Crippen LogP contribution is 2.26. The molecule has 3 rings (SSSR count). The predicted molar refractivity (Wildman–Crippen MR) is 170 cm³/mol. The van der Waals surface area contributed by atoms with Gasteiger partial charge in [-0.1, -0.05) is 71.9 Å². The lowest BCUT2D eigenvalue weighted by Gasteiger charge is -2.33. The van der Waals surface area contributed by atoms with Gasteiger partial charge in [-0.3, -0.25) is 33.8 Å². The molecule has 0 saturated carbocycles. The van der Waals surface area contributed by atoms with Crippen LogP contribution in [0.4, 0.5) is 0 Å². The van der Waals surface area contributed by atoms with Gasteiger partial charge >= 0.3 is 0 Å². The number of carbonyl (C=O) groups excluding carboxylic acids is 6. The van der Waals surface area contributed by atoms with E-state index in [2.05, 4.69) is 31.2 Å². The summed E-state index contributed by atoms with van der Waals surface area (Å²) in [6.07, 6.45) is 4.81. The summed E-state index contributed by atoms with van der Waals surface area (Å²) in [4.78, 5) is 88.5. The van der Waals surface area contributed by atoms with Gasteiger partial charge in [-0.05, 0) is 36.2 Å². The van der Waals surface area contributed by atoms with Crippen LogP contribution in [0.3, 0.4) is 0 Å². The van der Waals surface area contributed by atoms with E-state index in [1.54, 1.807) is 34.6 Å². The third-order valence-electron chi connectivity index (χ3n) is 8.07. The number of ketones is 1. The van der Waals surface area contributed by atoms with Crippen molar-refractivity contribution in [3.8, 4) is 0 Å². The van der Waals surface area contributed by atoms with Crippen LogP contribution in [0, 0.1) is 17.8 Å². The van der Waals surface area contributed by atoms with E-state index in [9.17, 15) is 28.8 Å². The summed E-state index contributed by atoms with van der Waals surface area (Å²) in [6, 6.07) is 5.21. The van der Waals surface area contributed by atoms with Gasteiger partial charge < -0.3 is 26.2 Å². The largest absolute Gasteiger partial charge is 0.345 e. The second-order valence-corrected chi connectivity index (χ2v) is 12.3. The van der Waals surface area contributed by atoms with E-state index < -0.39 is 59.5 Å². The zero-order chi connectivity index (χ0) is 34.0. The molecule has 1 aromatic carbocycles. The van der Waals surface area contributed by atoms with Crippen molar-refractivity contribution in [2.75, 3.05) is 6.54 Å². The van der Waals surface area contributed by atoms with E-state index in [0.29, 0.717) is 6.42 Å². The molecule has 1 saturated heterocycles. The van der Waals surface area contributed by atoms with Gasteiger partial charge in [0.2, 0.25) is 23.5 Å². The van der Waals surface area contributed by atoms with E-state index in [0.717, 1.165) is 5.56 Å². The molecule has 46 heavy (non-hydrogen) atoms. The number of hydrogen-bond donors (Lipinski definition) is 4. The number of aromatic nitrogens is 2. The third kappa shape index (κ3) is 9.18. The van der Waals surface area contributed by atoms with E-state index in [-0.39, 0.29) is 43.0 Å². The fourth-order valence-electron chi connectivity index (χ4n) is 5.33. The van der Waals surface area contributed by atoms with Crippen LogP contribution in [0.15, 0.2) is 48.9 Å². The van der Waals surface area contributed by atoms with E-state index in [1.807, 2.05) is 37.3 Å². The van der Waals surface area contributed by atoms with Gasteiger partial charge in [0.25, 0.3) is 11.8 Å². The molecular formula is C33H45N7O6. The summed E-state index contributed by atoms with van der Waals surface area (Å²) in [5, 5.41) is 10.8. The highest BCUT2D eigenvalue weighted by Gasteiger charge is 2.44. The minimum absolute atomic E-state index is 0.0508. The molecule has 0 radical (unpaired) electrons. The van der Waals surface area contributed by atoms with Gasteiger partial charge in [0, 0.05) is 25.5 Å². The number of nitrogens with zero attached hydrogens (tertiary/aromatic N) is 3. The van der Waals surface area contributed by atoms with Crippen LogP contribution in [0.5, 0.6) is 0 Å². The van der Waals surface area contributed by atoms with Crippen LogP contribution in [0.1, 0.15) is 70.4 Å². The molecule has 1 aliphatic heterocycles. The van der Waals surface area contributed by atoms with Crippen LogP contribution < -0.4 is 21.3 Å². The fourth-order valence-corrected chi connectivity index (χ4v) is 5.33. The Balaban J connectivity index is 1.69. The minimum atomic E-state index is -1.07. The minimum Gasteiger partial charge on any atom is -0.345 e. The number of rotatable bonds is 14. The second-order valence-electron chi connectivity index (χ2n) is 12.3. The zero-order valence-corrected chi connectivity index (χ0v) is 27.3. The Morgan fingerprint density at radius 2 is 1.59 bits per heavy atom. The van der Waals surface area contributed by atoms with E-state index >= 15 is 0 Å². The molecule has 5 atom stereocenters. The normalized spacial score (nSPS) is 18.0.